The van der Waals surface area contributed by atoms with Crippen molar-refractivity contribution in [2.75, 3.05) is 13.1 Å². The van der Waals surface area contributed by atoms with Crippen LogP contribution in [-0.2, 0) is 11.3 Å². The molecule has 5 heterocycles. The molecule has 5 rings (SSSR count). The van der Waals surface area contributed by atoms with Crippen molar-refractivity contribution in [2.45, 2.75) is 25.3 Å². The van der Waals surface area contributed by atoms with Crippen LogP contribution in [0.1, 0.15) is 24.5 Å². The molecule has 0 saturated carbocycles. The fraction of sp³-hybridized carbons (Fsp3) is 0.286. The van der Waals surface area contributed by atoms with Crippen LogP contribution in [0, 0.1) is 0 Å². The number of carbonyl (C=O) groups is 1. The average molecular weight is 400 g/mol. The Morgan fingerprint density at radius 2 is 1.83 bits per heavy atom. The summed E-state index contributed by atoms with van der Waals surface area (Å²) in [5.74, 6) is 0.401. The van der Waals surface area contributed by atoms with Crippen molar-refractivity contribution >= 4 is 16.9 Å². The maximum Gasteiger partial charge on any atom is 0.244 e. The smallest absolute Gasteiger partial charge is 0.244 e. The van der Waals surface area contributed by atoms with Gasteiger partial charge in [0.1, 0.15) is 25.5 Å². The van der Waals surface area contributed by atoms with Crippen LogP contribution < -0.4 is 0 Å². The van der Waals surface area contributed by atoms with E-state index in [4.69, 9.17) is 4.98 Å². The van der Waals surface area contributed by atoms with E-state index in [0.29, 0.717) is 5.92 Å². The van der Waals surface area contributed by atoms with Gasteiger partial charge in [-0.2, -0.15) is 5.10 Å². The summed E-state index contributed by atoms with van der Waals surface area (Å²) in [6.45, 7) is 1.67. The second-order valence-corrected chi connectivity index (χ2v) is 7.38. The number of carbonyl (C=O) groups excluding carboxylic acids is 1. The van der Waals surface area contributed by atoms with Gasteiger partial charge in [-0.05, 0) is 31.0 Å². The van der Waals surface area contributed by atoms with Gasteiger partial charge in [0, 0.05) is 59.8 Å². The lowest BCUT2D eigenvalue weighted by Crippen LogP contribution is -2.40. The summed E-state index contributed by atoms with van der Waals surface area (Å²) < 4.78 is 1.56. The third kappa shape index (κ3) is 3.73. The standard InChI is InChI=1S/C21H20N8O/c30-20(11-29-14-24-13-26-29)28-5-3-15(4-6-28)19-2-1-16-7-17(10-25-21(16)27-19)18-8-22-12-23-9-18/h1-2,7-10,12-15H,3-6,11H2. The molecular formula is C21H20N8O. The molecule has 150 valence electrons. The van der Waals surface area contributed by atoms with Gasteiger partial charge in [-0.25, -0.2) is 29.6 Å². The van der Waals surface area contributed by atoms with Gasteiger partial charge in [0.05, 0.1) is 0 Å². The van der Waals surface area contributed by atoms with Crippen LogP contribution in [0.2, 0.25) is 0 Å². The largest absolute Gasteiger partial charge is 0.341 e. The monoisotopic (exact) mass is 400 g/mol. The van der Waals surface area contributed by atoms with Crippen LogP contribution >= 0.6 is 0 Å². The zero-order valence-electron chi connectivity index (χ0n) is 16.3. The number of pyridine rings is 2. The lowest BCUT2D eigenvalue weighted by molar-refractivity contribution is -0.133. The Bertz CT molecular complexity index is 1150. The summed E-state index contributed by atoms with van der Waals surface area (Å²) in [5.41, 5.74) is 3.67. The van der Waals surface area contributed by atoms with E-state index in [2.05, 4.69) is 43.2 Å². The maximum absolute atomic E-state index is 12.4. The molecule has 1 saturated heterocycles. The molecule has 1 aliphatic heterocycles. The number of hydrogen-bond acceptors (Lipinski definition) is 7. The Labute approximate surface area is 172 Å². The predicted molar refractivity (Wildman–Crippen MR) is 109 cm³/mol. The maximum atomic E-state index is 12.4. The molecule has 0 spiro atoms. The summed E-state index contributed by atoms with van der Waals surface area (Å²) >= 11 is 0. The van der Waals surface area contributed by atoms with Gasteiger partial charge in [-0.15, -0.1) is 0 Å². The topological polar surface area (TPSA) is 103 Å². The van der Waals surface area contributed by atoms with Crippen molar-refractivity contribution in [3.05, 3.63) is 61.5 Å². The summed E-state index contributed by atoms with van der Waals surface area (Å²) in [4.78, 5) is 35.7. The Morgan fingerprint density at radius 1 is 1.00 bits per heavy atom. The molecule has 1 aliphatic rings. The molecule has 0 atom stereocenters. The van der Waals surface area contributed by atoms with Crippen LogP contribution in [0.3, 0.4) is 0 Å². The quantitative estimate of drug-likeness (QED) is 0.517. The number of likely N-dealkylation sites (tertiary alicyclic amines) is 1. The zero-order chi connectivity index (χ0) is 20.3. The van der Waals surface area contributed by atoms with Crippen LogP contribution in [-0.4, -0.2) is 58.6 Å². The van der Waals surface area contributed by atoms with Gasteiger partial charge in [-0.3, -0.25) is 4.79 Å². The van der Waals surface area contributed by atoms with Crippen LogP contribution in [0.4, 0.5) is 0 Å². The zero-order valence-corrected chi connectivity index (χ0v) is 16.3. The molecule has 0 radical (unpaired) electrons. The minimum absolute atomic E-state index is 0.0736. The molecule has 30 heavy (non-hydrogen) atoms. The lowest BCUT2D eigenvalue weighted by Gasteiger charge is -2.31. The molecule has 0 aliphatic carbocycles. The molecule has 4 aromatic heterocycles. The second-order valence-electron chi connectivity index (χ2n) is 7.38. The van der Waals surface area contributed by atoms with Gasteiger partial charge in [0.15, 0.2) is 5.65 Å². The van der Waals surface area contributed by atoms with E-state index in [1.54, 1.807) is 23.4 Å². The summed E-state index contributed by atoms with van der Waals surface area (Å²) in [6.07, 6.45) is 11.7. The third-order valence-corrected chi connectivity index (χ3v) is 5.49. The number of aromatic nitrogens is 7. The van der Waals surface area contributed by atoms with Gasteiger partial charge >= 0.3 is 0 Å². The Morgan fingerprint density at radius 3 is 2.60 bits per heavy atom. The van der Waals surface area contributed by atoms with Gasteiger partial charge in [0.2, 0.25) is 5.91 Å². The number of rotatable bonds is 4. The summed E-state index contributed by atoms with van der Waals surface area (Å²) in [5, 5.41) is 4.99. The normalized spacial score (nSPS) is 14.9. The summed E-state index contributed by atoms with van der Waals surface area (Å²) in [6, 6.07) is 6.20. The highest BCUT2D eigenvalue weighted by Crippen LogP contribution is 2.29. The molecule has 0 N–H and O–H groups in total. The Kier molecular flexibility index (Phi) is 4.84. The van der Waals surface area contributed by atoms with E-state index < -0.39 is 0 Å². The average Bonchev–Trinajstić information content (AvgIpc) is 3.32. The second kappa shape index (κ2) is 7.94. The van der Waals surface area contributed by atoms with Crippen LogP contribution in [0.15, 0.2) is 55.8 Å². The number of hydrogen-bond donors (Lipinski definition) is 0. The lowest BCUT2D eigenvalue weighted by atomic mass is 9.92. The van der Waals surface area contributed by atoms with Crippen LogP contribution in [0.25, 0.3) is 22.2 Å². The minimum atomic E-state index is 0.0736. The molecule has 1 amide bonds. The van der Waals surface area contributed by atoms with E-state index in [9.17, 15) is 4.79 Å². The highest BCUT2D eigenvalue weighted by molar-refractivity contribution is 5.80. The van der Waals surface area contributed by atoms with Crippen molar-refractivity contribution in [3.63, 3.8) is 0 Å². The molecule has 9 nitrogen and oxygen atoms in total. The van der Waals surface area contributed by atoms with E-state index in [0.717, 1.165) is 53.8 Å². The number of piperidine rings is 1. The minimum Gasteiger partial charge on any atom is -0.341 e. The molecule has 4 aromatic rings. The molecule has 0 aromatic carbocycles. The molecule has 9 heteroatoms. The first-order valence-corrected chi connectivity index (χ1v) is 9.88. The van der Waals surface area contributed by atoms with Crippen molar-refractivity contribution < 1.29 is 4.79 Å². The first kappa shape index (κ1) is 18.3. The Balaban J connectivity index is 1.27. The van der Waals surface area contributed by atoms with Gasteiger partial charge < -0.3 is 4.90 Å². The molecule has 0 unspecified atom stereocenters. The SMILES string of the molecule is O=C(Cn1cncn1)N1CCC(c2ccc3cc(-c4cncnc4)cnc3n2)CC1. The highest BCUT2D eigenvalue weighted by atomic mass is 16.2. The van der Waals surface area contributed by atoms with Crippen molar-refractivity contribution in [3.8, 4) is 11.1 Å². The first-order valence-electron chi connectivity index (χ1n) is 9.88. The molecule has 0 bridgehead atoms. The Hall–Kier alpha value is -3.75. The summed E-state index contributed by atoms with van der Waals surface area (Å²) in [7, 11) is 0. The van der Waals surface area contributed by atoms with E-state index in [-0.39, 0.29) is 12.5 Å². The fourth-order valence-electron chi connectivity index (χ4n) is 3.84. The van der Waals surface area contributed by atoms with Crippen LogP contribution in [0.5, 0.6) is 0 Å². The first-order chi connectivity index (χ1) is 14.8. The predicted octanol–water partition coefficient (Wildman–Crippen LogP) is 2.08. The van der Waals surface area contributed by atoms with Crippen molar-refractivity contribution in [1.29, 1.82) is 0 Å². The number of nitrogens with zero attached hydrogens (tertiary/aromatic N) is 8. The van der Waals surface area contributed by atoms with E-state index >= 15 is 0 Å². The molecular weight excluding hydrogens is 380 g/mol. The van der Waals surface area contributed by atoms with Gasteiger partial charge in [0.25, 0.3) is 0 Å². The van der Waals surface area contributed by atoms with E-state index in [1.807, 2.05) is 11.1 Å². The van der Waals surface area contributed by atoms with Crippen molar-refractivity contribution in [2.24, 2.45) is 0 Å². The highest BCUT2D eigenvalue weighted by Gasteiger charge is 2.25. The van der Waals surface area contributed by atoms with E-state index in [1.165, 1.54) is 12.7 Å². The number of fused-ring (bicyclic) bond motifs is 1. The third-order valence-electron chi connectivity index (χ3n) is 5.49. The molecule has 1 fully saturated rings. The van der Waals surface area contributed by atoms with Gasteiger partial charge in [-0.1, -0.05) is 0 Å². The van der Waals surface area contributed by atoms with Crippen molar-refractivity contribution in [1.82, 2.24) is 39.6 Å². The fourth-order valence-corrected chi connectivity index (χ4v) is 3.84. The number of amides is 1.